The van der Waals surface area contributed by atoms with Gasteiger partial charge in [-0.2, -0.15) is 0 Å². The van der Waals surface area contributed by atoms with Crippen LogP contribution in [0.5, 0.6) is 0 Å². The number of carbonyl (C=O) groups excluding carboxylic acids is 1. The van der Waals surface area contributed by atoms with Crippen LogP contribution in [0, 0.1) is 0 Å². The Morgan fingerprint density at radius 2 is 2.25 bits per heavy atom. The molecule has 0 aliphatic rings. The number of carbonyl (C=O) groups is 2. The van der Waals surface area contributed by atoms with E-state index in [9.17, 15) is 9.59 Å². The lowest BCUT2D eigenvalue weighted by Gasteiger charge is -2.11. The van der Waals surface area contributed by atoms with Gasteiger partial charge in [0.15, 0.2) is 6.04 Å². The molecule has 70 valence electrons. The fourth-order valence-electron chi connectivity index (χ4n) is 0.574. The fourth-order valence-corrected chi connectivity index (χ4v) is 0.651. The van der Waals surface area contributed by atoms with Crippen LogP contribution in [-0.2, 0) is 14.3 Å². The number of aliphatic carboxylic acids is 1. The van der Waals surface area contributed by atoms with Crippen molar-refractivity contribution >= 4 is 23.5 Å². The minimum absolute atomic E-state index is 0.0715. The molecule has 0 heterocycles. The predicted molar refractivity (Wildman–Crippen MR) is 42.2 cm³/mol. The number of halogens is 1. The Balaban J connectivity index is 3.95. The van der Waals surface area contributed by atoms with Gasteiger partial charge in [-0.05, 0) is 0 Å². The number of rotatable bonds is 5. The first-order valence-electron chi connectivity index (χ1n) is 3.19. The maximum Gasteiger partial charge on any atom is 0.328 e. The molecule has 0 saturated heterocycles. The van der Waals surface area contributed by atoms with Gasteiger partial charge in [0.1, 0.15) is 5.88 Å². The Morgan fingerprint density at radius 3 is 2.58 bits per heavy atom. The molecular weight excluding hydrogens is 186 g/mol. The van der Waals surface area contributed by atoms with Crippen LogP contribution < -0.4 is 5.32 Å². The average molecular weight is 196 g/mol. The number of nitrogens with one attached hydrogen (secondary N) is 1. The van der Waals surface area contributed by atoms with Crippen LogP contribution in [0.3, 0.4) is 0 Å². The molecule has 1 atom stereocenters. The Bertz CT molecular complexity index is 171. The van der Waals surface area contributed by atoms with Gasteiger partial charge in [0.2, 0.25) is 5.91 Å². The molecular formula is C6H10ClNO4. The molecule has 0 spiro atoms. The molecule has 0 aliphatic heterocycles. The third-order valence-electron chi connectivity index (χ3n) is 1.09. The summed E-state index contributed by atoms with van der Waals surface area (Å²) in [5.41, 5.74) is 0. The molecule has 2 N–H and O–H groups in total. The number of methoxy groups -OCH3 is 1. The number of carboxylic acids is 1. The second kappa shape index (κ2) is 5.79. The maximum absolute atomic E-state index is 10.6. The Labute approximate surface area is 74.6 Å². The van der Waals surface area contributed by atoms with Crippen LogP contribution in [-0.4, -0.2) is 42.6 Å². The first kappa shape index (κ1) is 11.2. The summed E-state index contributed by atoms with van der Waals surface area (Å²) < 4.78 is 4.57. The van der Waals surface area contributed by atoms with E-state index in [1.165, 1.54) is 7.11 Å². The Morgan fingerprint density at radius 1 is 1.67 bits per heavy atom. The van der Waals surface area contributed by atoms with Crippen LogP contribution in [0.4, 0.5) is 0 Å². The lowest BCUT2D eigenvalue weighted by Crippen LogP contribution is -2.44. The summed E-state index contributed by atoms with van der Waals surface area (Å²) in [7, 11) is 1.35. The van der Waals surface area contributed by atoms with E-state index in [0.29, 0.717) is 0 Å². The lowest BCUT2D eigenvalue weighted by molar-refractivity contribution is -0.142. The molecule has 5 nitrogen and oxygen atoms in total. The summed E-state index contributed by atoms with van der Waals surface area (Å²) in [4.78, 5) is 21.0. The van der Waals surface area contributed by atoms with Crippen molar-refractivity contribution in [2.75, 3.05) is 19.6 Å². The number of hydrogen-bond donors (Lipinski definition) is 2. The van der Waals surface area contributed by atoms with Gasteiger partial charge in [-0.1, -0.05) is 0 Å². The number of amides is 1. The van der Waals surface area contributed by atoms with Gasteiger partial charge in [0.25, 0.3) is 0 Å². The Hall–Kier alpha value is -0.810. The van der Waals surface area contributed by atoms with E-state index in [1.54, 1.807) is 0 Å². The van der Waals surface area contributed by atoms with Gasteiger partial charge in [0, 0.05) is 7.11 Å². The highest BCUT2D eigenvalue weighted by molar-refractivity contribution is 6.27. The number of ether oxygens (including phenoxy) is 1. The minimum Gasteiger partial charge on any atom is -0.480 e. The maximum atomic E-state index is 10.6. The molecule has 0 aliphatic carbocycles. The van der Waals surface area contributed by atoms with Crippen LogP contribution in [0.15, 0.2) is 0 Å². The Kier molecular flexibility index (Phi) is 5.40. The molecule has 6 heteroatoms. The van der Waals surface area contributed by atoms with Gasteiger partial charge in [0.05, 0.1) is 6.61 Å². The van der Waals surface area contributed by atoms with E-state index >= 15 is 0 Å². The van der Waals surface area contributed by atoms with Crippen molar-refractivity contribution in [3.8, 4) is 0 Å². The molecule has 0 aromatic carbocycles. The topological polar surface area (TPSA) is 75.6 Å². The quantitative estimate of drug-likeness (QED) is 0.577. The smallest absolute Gasteiger partial charge is 0.328 e. The van der Waals surface area contributed by atoms with E-state index < -0.39 is 17.9 Å². The van der Waals surface area contributed by atoms with E-state index in [-0.39, 0.29) is 12.5 Å². The first-order chi connectivity index (χ1) is 5.61. The normalized spacial score (nSPS) is 12.2. The molecule has 0 aromatic rings. The van der Waals surface area contributed by atoms with E-state index in [2.05, 4.69) is 10.1 Å². The molecule has 0 radical (unpaired) electrons. The molecule has 12 heavy (non-hydrogen) atoms. The second-order valence-corrected chi connectivity index (χ2v) is 2.31. The lowest BCUT2D eigenvalue weighted by atomic mass is 10.3. The van der Waals surface area contributed by atoms with E-state index in [4.69, 9.17) is 16.7 Å². The molecule has 0 fully saturated rings. The highest BCUT2D eigenvalue weighted by Gasteiger charge is 2.18. The van der Waals surface area contributed by atoms with Gasteiger partial charge < -0.3 is 15.2 Å². The van der Waals surface area contributed by atoms with Crippen LogP contribution in [0.2, 0.25) is 0 Å². The van der Waals surface area contributed by atoms with Crippen molar-refractivity contribution in [2.45, 2.75) is 6.04 Å². The van der Waals surface area contributed by atoms with Gasteiger partial charge in [-0.15, -0.1) is 11.6 Å². The molecule has 0 saturated carbocycles. The summed E-state index contributed by atoms with van der Waals surface area (Å²) in [5.74, 6) is -1.93. The predicted octanol–water partition coefficient (Wildman–Crippen LogP) is -0.559. The monoisotopic (exact) mass is 195 g/mol. The summed E-state index contributed by atoms with van der Waals surface area (Å²) in [6.07, 6.45) is 0. The van der Waals surface area contributed by atoms with Crippen molar-refractivity contribution in [1.82, 2.24) is 5.32 Å². The van der Waals surface area contributed by atoms with Crippen LogP contribution in [0.1, 0.15) is 0 Å². The largest absolute Gasteiger partial charge is 0.480 e. The summed E-state index contributed by atoms with van der Waals surface area (Å²) in [5, 5.41) is 10.7. The number of alkyl halides is 1. The second-order valence-electron chi connectivity index (χ2n) is 2.05. The molecule has 0 aromatic heterocycles. The van der Waals surface area contributed by atoms with Gasteiger partial charge in [-0.3, -0.25) is 4.79 Å². The number of hydrogen-bond acceptors (Lipinski definition) is 3. The van der Waals surface area contributed by atoms with Gasteiger partial charge in [-0.25, -0.2) is 4.79 Å². The van der Waals surface area contributed by atoms with Crippen molar-refractivity contribution < 1.29 is 19.4 Å². The minimum atomic E-state index is -1.14. The zero-order valence-corrected chi connectivity index (χ0v) is 7.30. The van der Waals surface area contributed by atoms with Crippen molar-refractivity contribution in [1.29, 1.82) is 0 Å². The van der Waals surface area contributed by atoms with Crippen molar-refractivity contribution in [3.63, 3.8) is 0 Å². The standard InChI is InChI=1S/C6H10ClNO4/c1-12-3-4(6(10)11)8-5(9)2-7/h4H,2-3H2,1H3,(H,8,9)(H,10,11)/t4-/m0/s1. The number of carboxylic acid groups (broad SMARTS) is 1. The summed E-state index contributed by atoms with van der Waals surface area (Å²) >= 11 is 5.16. The zero-order valence-electron chi connectivity index (χ0n) is 6.54. The molecule has 0 rings (SSSR count). The highest BCUT2D eigenvalue weighted by Crippen LogP contribution is 1.86. The highest BCUT2D eigenvalue weighted by atomic mass is 35.5. The third-order valence-corrected chi connectivity index (χ3v) is 1.33. The molecule has 0 bridgehead atoms. The molecule has 0 unspecified atom stereocenters. The fraction of sp³-hybridized carbons (Fsp3) is 0.667. The third kappa shape index (κ3) is 4.15. The van der Waals surface area contributed by atoms with E-state index in [1.807, 2.05) is 0 Å². The van der Waals surface area contributed by atoms with Crippen molar-refractivity contribution in [3.05, 3.63) is 0 Å². The average Bonchev–Trinajstić information content (AvgIpc) is 2.03. The summed E-state index contributed by atoms with van der Waals surface area (Å²) in [6.45, 7) is -0.0715. The van der Waals surface area contributed by atoms with Crippen molar-refractivity contribution in [2.24, 2.45) is 0 Å². The zero-order chi connectivity index (χ0) is 9.56. The SMILES string of the molecule is COC[C@H](NC(=O)CCl)C(=O)O. The summed E-state index contributed by atoms with van der Waals surface area (Å²) in [6, 6.07) is -1.03. The van der Waals surface area contributed by atoms with E-state index in [0.717, 1.165) is 0 Å². The first-order valence-corrected chi connectivity index (χ1v) is 3.72. The van der Waals surface area contributed by atoms with Gasteiger partial charge >= 0.3 is 5.97 Å². The van der Waals surface area contributed by atoms with Crippen LogP contribution >= 0.6 is 11.6 Å². The molecule has 1 amide bonds. The van der Waals surface area contributed by atoms with Crippen LogP contribution in [0.25, 0.3) is 0 Å².